The van der Waals surface area contributed by atoms with Gasteiger partial charge in [-0.05, 0) is 23.2 Å². The molecule has 17 heavy (non-hydrogen) atoms. The third kappa shape index (κ3) is 2.73. The van der Waals surface area contributed by atoms with E-state index in [1.165, 1.54) is 0 Å². The van der Waals surface area contributed by atoms with Gasteiger partial charge in [0.05, 0.1) is 12.1 Å². The van der Waals surface area contributed by atoms with Gasteiger partial charge in [0, 0.05) is 0 Å². The fraction of sp³-hybridized carbons (Fsp3) is 0.700. The predicted octanol–water partition coefficient (Wildman–Crippen LogP) is 0.0752. The summed E-state index contributed by atoms with van der Waals surface area (Å²) in [6.07, 6.45) is 4.02. The van der Waals surface area contributed by atoms with Crippen LogP contribution >= 0.6 is 0 Å². The number of nitrogens with two attached hydrogens (primary N) is 1. The minimum absolute atomic E-state index is 0.0264. The zero-order valence-electron chi connectivity index (χ0n) is 9.43. The van der Waals surface area contributed by atoms with Crippen LogP contribution in [0, 0.1) is 0 Å². The van der Waals surface area contributed by atoms with Crippen LogP contribution in [-0.2, 0) is 0 Å². The second kappa shape index (κ2) is 5.13. The van der Waals surface area contributed by atoms with Crippen molar-refractivity contribution in [3.05, 3.63) is 5.69 Å². The molecule has 94 valence electrons. The molecule has 0 aromatic carbocycles. The standard InChI is InChI=1S/C10H16N4O3/c11-9-8(13-17-14-9)10(16)12-6-4-2-1-3-5-7(6)15/h6-7,15H,1-5H2,(H2,11,14)(H,12,16). The van der Waals surface area contributed by atoms with Crippen molar-refractivity contribution < 1.29 is 14.5 Å². The molecule has 1 saturated carbocycles. The Morgan fingerprint density at radius 3 is 2.82 bits per heavy atom. The Balaban J connectivity index is 2.00. The van der Waals surface area contributed by atoms with Crippen LogP contribution in [-0.4, -0.2) is 33.5 Å². The van der Waals surface area contributed by atoms with Gasteiger partial charge in [0.25, 0.3) is 5.91 Å². The van der Waals surface area contributed by atoms with Crippen LogP contribution in [0.15, 0.2) is 4.63 Å². The predicted molar refractivity (Wildman–Crippen MR) is 59.1 cm³/mol. The summed E-state index contributed by atoms with van der Waals surface area (Å²) in [6.45, 7) is 0. The Labute approximate surface area is 98.3 Å². The number of hydrogen-bond donors (Lipinski definition) is 3. The summed E-state index contributed by atoms with van der Waals surface area (Å²) in [5.74, 6) is -0.486. The van der Waals surface area contributed by atoms with Gasteiger partial charge in [-0.25, -0.2) is 4.63 Å². The lowest BCUT2D eigenvalue weighted by Gasteiger charge is -2.20. The maximum Gasteiger partial charge on any atom is 0.277 e. The molecule has 2 rings (SSSR count). The molecule has 0 saturated heterocycles. The van der Waals surface area contributed by atoms with Crippen molar-refractivity contribution in [1.29, 1.82) is 0 Å². The van der Waals surface area contributed by atoms with Crippen molar-refractivity contribution in [1.82, 2.24) is 15.6 Å². The molecule has 2 unspecified atom stereocenters. The highest BCUT2D eigenvalue weighted by molar-refractivity contribution is 5.96. The van der Waals surface area contributed by atoms with Gasteiger partial charge in [-0.1, -0.05) is 19.3 Å². The average Bonchev–Trinajstić information content (AvgIpc) is 2.63. The maximum absolute atomic E-state index is 11.8. The molecule has 0 aliphatic heterocycles. The van der Waals surface area contributed by atoms with E-state index in [0.29, 0.717) is 6.42 Å². The maximum atomic E-state index is 11.8. The Bertz CT molecular complexity index is 393. The quantitative estimate of drug-likeness (QED) is 0.630. The fourth-order valence-corrected chi connectivity index (χ4v) is 2.05. The van der Waals surface area contributed by atoms with Crippen LogP contribution in [0.2, 0.25) is 0 Å². The van der Waals surface area contributed by atoms with Crippen LogP contribution in [0.25, 0.3) is 0 Å². The molecule has 1 amide bonds. The molecule has 1 aromatic heterocycles. The highest BCUT2D eigenvalue weighted by atomic mass is 16.6. The number of anilines is 1. The van der Waals surface area contributed by atoms with E-state index in [2.05, 4.69) is 20.3 Å². The second-order valence-electron chi connectivity index (χ2n) is 4.28. The third-order valence-electron chi connectivity index (χ3n) is 3.02. The van der Waals surface area contributed by atoms with Crippen LogP contribution in [0.3, 0.4) is 0 Å². The van der Waals surface area contributed by atoms with Gasteiger partial charge in [0.15, 0.2) is 0 Å². The lowest BCUT2D eigenvalue weighted by molar-refractivity contribution is 0.0810. The molecular weight excluding hydrogens is 224 g/mol. The summed E-state index contributed by atoms with van der Waals surface area (Å²) in [5, 5.41) is 19.3. The van der Waals surface area contributed by atoms with Crippen molar-refractivity contribution in [2.24, 2.45) is 0 Å². The molecule has 0 radical (unpaired) electrons. The summed E-state index contributed by atoms with van der Waals surface area (Å²) >= 11 is 0. The molecule has 1 aromatic rings. The molecule has 1 fully saturated rings. The number of aliphatic hydroxyl groups is 1. The van der Waals surface area contributed by atoms with E-state index in [1.807, 2.05) is 0 Å². The molecule has 2 atom stereocenters. The lowest BCUT2D eigenvalue weighted by Crippen LogP contribution is -2.43. The first-order chi connectivity index (χ1) is 8.18. The van der Waals surface area contributed by atoms with Crippen LogP contribution in [0.4, 0.5) is 5.82 Å². The number of amides is 1. The second-order valence-corrected chi connectivity index (χ2v) is 4.28. The molecule has 1 aliphatic carbocycles. The molecular formula is C10H16N4O3. The highest BCUT2D eigenvalue weighted by Gasteiger charge is 2.25. The molecule has 7 nitrogen and oxygen atoms in total. The lowest BCUT2D eigenvalue weighted by atomic mass is 10.1. The largest absolute Gasteiger partial charge is 0.391 e. The first-order valence-electron chi connectivity index (χ1n) is 5.75. The van der Waals surface area contributed by atoms with E-state index in [9.17, 15) is 9.90 Å². The zero-order valence-corrected chi connectivity index (χ0v) is 9.43. The van der Waals surface area contributed by atoms with Gasteiger partial charge in [0.1, 0.15) is 0 Å². The topological polar surface area (TPSA) is 114 Å². The number of hydrogen-bond acceptors (Lipinski definition) is 6. The third-order valence-corrected chi connectivity index (χ3v) is 3.02. The van der Waals surface area contributed by atoms with Crippen molar-refractivity contribution in [3.63, 3.8) is 0 Å². The number of nitrogens with zero attached hydrogens (tertiary/aromatic N) is 2. The first kappa shape index (κ1) is 11.8. The monoisotopic (exact) mass is 240 g/mol. The van der Waals surface area contributed by atoms with E-state index in [4.69, 9.17) is 5.73 Å². The fourth-order valence-electron chi connectivity index (χ4n) is 2.05. The molecule has 0 bridgehead atoms. The molecule has 4 N–H and O–H groups in total. The van der Waals surface area contributed by atoms with Crippen LogP contribution in [0.5, 0.6) is 0 Å². The summed E-state index contributed by atoms with van der Waals surface area (Å²) in [5.41, 5.74) is 5.39. The van der Waals surface area contributed by atoms with Crippen molar-refractivity contribution in [3.8, 4) is 0 Å². The average molecular weight is 240 g/mol. The van der Waals surface area contributed by atoms with E-state index < -0.39 is 12.0 Å². The number of aromatic nitrogens is 2. The van der Waals surface area contributed by atoms with Gasteiger partial charge in [-0.3, -0.25) is 4.79 Å². The highest BCUT2D eigenvalue weighted by Crippen LogP contribution is 2.18. The van der Waals surface area contributed by atoms with Gasteiger partial charge >= 0.3 is 0 Å². The normalized spacial score (nSPS) is 25.2. The van der Waals surface area contributed by atoms with E-state index in [0.717, 1.165) is 25.7 Å². The Morgan fingerprint density at radius 1 is 1.35 bits per heavy atom. The summed E-state index contributed by atoms with van der Waals surface area (Å²) < 4.78 is 4.36. The van der Waals surface area contributed by atoms with E-state index >= 15 is 0 Å². The number of carbonyl (C=O) groups is 1. The Morgan fingerprint density at radius 2 is 2.12 bits per heavy atom. The van der Waals surface area contributed by atoms with Crippen LogP contribution in [0.1, 0.15) is 42.6 Å². The number of nitrogen functional groups attached to an aromatic ring is 1. The van der Waals surface area contributed by atoms with Gasteiger partial charge in [0.2, 0.25) is 11.5 Å². The van der Waals surface area contributed by atoms with E-state index in [1.54, 1.807) is 0 Å². The number of rotatable bonds is 2. The minimum Gasteiger partial charge on any atom is -0.391 e. The smallest absolute Gasteiger partial charge is 0.277 e. The first-order valence-corrected chi connectivity index (χ1v) is 5.75. The van der Waals surface area contributed by atoms with Gasteiger partial charge < -0.3 is 16.2 Å². The van der Waals surface area contributed by atoms with Gasteiger partial charge in [-0.2, -0.15) is 0 Å². The number of carbonyl (C=O) groups excluding carboxylic acids is 1. The summed E-state index contributed by atoms with van der Waals surface area (Å²) in [6, 6.07) is -0.249. The van der Waals surface area contributed by atoms with Crippen molar-refractivity contribution >= 4 is 11.7 Å². The Kier molecular flexibility index (Phi) is 3.58. The SMILES string of the molecule is Nc1nonc1C(=O)NC1CCCCCC1O. The van der Waals surface area contributed by atoms with Crippen LogP contribution < -0.4 is 11.1 Å². The molecule has 1 heterocycles. The van der Waals surface area contributed by atoms with Crippen molar-refractivity contribution in [2.45, 2.75) is 44.2 Å². The Hall–Kier alpha value is -1.63. The number of nitrogens with one attached hydrogen (secondary N) is 1. The zero-order chi connectivity index (χ0) is 12.3. The molecule has 7 heteroatoms. The van der Waals surface area contributed by atoms with Gasteiger partial charge in [-0.15, -0.1) is 0 Å². The van der Waals surface area contributed by atoms with Crippen molar-refractivity contribution in [2.75, 3.05) is 5.73 Å². The summed E-state index contributed by atoms with van der Waals surface area (Å²) in [4.78, 5) is 11.8. The summed E-state index contributed by atoms with van der Waals surface area (Å²) in [7, 11) is 0. The molecule has 0 spiro atoms. The minimum atomic E-state index is -0.512. The molecule has 1 aliphatic rings. The van der Waals surface area contributed by atoms with E-state index in [-0.39, 0.29) is 17.6 Å². The number of aliphatic hydroxyl groups excluding tert-OH is 1.